The van der Waals surface area contributed by atoms with Gasteiger partial charge in [-0.2, -0.15) is 0 Å². The third-order valence-electron chi connectivity index (χ3n) is 3.77. The quantitative estimate of drug-likeness (QED) is 0.483. The summed E-state index contributed by atoms with van der Waals surface area (Å²) in [6, 6.07) is 12.1. The van der Waals surface area contributed by atoms with E-state index < -0.39 is 5.97 Å². The van der Waals surface area contributed by atoms with E-state index in [1.54, 1.807) is 42.5 Å². The number of fused-ring (bicyclic) bond motifs is 1. The number of thioether (sulfide) groups is 1. The van der Waals surface area contributed by atoms with Crippen molar-refractivity contribution in [3.8, 4) is 23.0 Å². The second kappa shape index (κ2) is 7.95. The lowest BCUT2D eigenvalue weighted by atomic mass is 10.2. The standard InChI is InChI=1S/C19H13ClN2O5S/c20-13-4-2-12(3-5-13)17-21-22-19(27-17)28-16(18(23)24)10-11-1-6-14-15(9-11)26-8-7-25-14/h1-6,9-10H,7-8H2,(H,23,24)/b16-10-. The summed E-state index contributed by atoms with van der Waals surface area (Å²) >= 11 is 6.74. The lowest BCUT2D eigenvalue weighted by Crippen LogP contribution is -2.15. The van der Waals surface area contributed by atoms with Crippen LogP contribution < -0.4 is 9.47 Å². The molecule has 3 aromatic rings. The number of halogens is 1. The summed E-state index contributed by atoms with van der Waals surface area (Å²) in [6.45, 7) is 0.946. The number of aliphatic carboxylic acids is 1. The average Bonchev–Trinajstić information content (AvgIpc) is 3.16. The monoisotopic (exact) mass is 416 g/mol. The van der Waals surface area contributed by atoms with Gasteiger partial charge in [-0.25, -0.2) is 4.79 Å². The summed E-state index contributed by atoms with van der Waals surface area (Å²) in [4.78, 5) is 11.7. The molecule has 1 aromatic heterocycles. The second-order valence-electron chi connectivity index (χ2n) is 5.70. The van der Waals surface area contributed by atoms with E-state index in [1.165, 1.54) is 6.08 Å². The molecule has 0 amide bonds. The van der Waals surface area contributed by atoms with E-state index in [9.17, 15) is 9.90 Å². The normalized spacial score (nSPS) is 13.4. The fraction of sp³-hybridized carbons (Fsp3) is 0.105. The molecule has 0 radical (unpaired) electrons. The highest BCUT2D eigenvalue weighted by molar-refractivity contribution is 8.03. The molecule has 2 aromatic carbocycles. The Morgan fingerprint density at radius 3 is 2.57 bits per heavy atom. The molecule has 1 N–H and O–H groups in total. The highest BCUT2D eigenvalue weighted by atomic mass is 35.5. The molecule has 0 saturated carbocycles. The van der Waals surface area contributed by atoms with Crippen molar-refractivity contribution < 1.29 is 23.8 Å². The third-order valence-corrected chi connectivity index (χ3v) is 4.87. The maximum absolute atomic E-state index is 11.7. The average molecular weight is 417 g/mol. The molecule has 142 valence electrons. The minimum Gasteiger partial charge on any atom is -0.486 e. The van der Waals surface area contributed by atoms with E-state index in [0.29, 0.717) is 40.9 Å². The van der Waals surface area contributed by atoms with Gasteiger partial charge in [0.05, 0.1) is 0 Å². The lowest BCUT2D eigenvalue weighted by molar-refractivity contribution is -0.131. The van der Waals surface area contributed by atoms with Crippen LogP contribution in [0.2, 0.25) is 5.02 Å². The summed E-state index contributed by atoms with van der Waals surface area (Å²) in [7, 11) is 0. The zero-order valence-corrected chi connectivity index (χ0v) is 15.9. The van der Waals surface area contributed by atoms with Crippen LogP contribution in [0, 0.1) is 0 Å². The van der Waals surface area contributed by atoms with Gasteiger partial charge in [0.25, 0.3) is 5.22 Å². The molecule has 1 aliphatic heterocycles. The van der Waals surface area contributed by atoms with Crippen LogP contribution in [0.4, 0.5) is 0 Å². The third kappa shape index (κ3) is 4.13. The molecule has 0 unspecified atom stereocenters. The van der Waals surface area contributed by atoms with Crippen LogP contribution in [0.15, 0.2) is 57.0 Å². The predicted octanol–water partition coefficient (Wildman–Crippen LogP) is 4.38. The van der Waals surface area contributed by atoms with Gasteiger partial charge in [-0.05, 0) is 59.8 Å². The fourth-order valence-corrected chi connectivity index (χ4v) is 3.29. The summed E-state index contributed by atoms with van der Waals surface area (Å²) < 4.78 is 16.6. The number of hydrogen-bond acceptors (Lipinski definition) is 7. The van der Waals surface area contributed by atoms with Gasteiger partial charge in [0, 0.05) is 10.6 Å². The number of aromatic nitrogens is 2. The molecule has 0 saturated heterocycles. The number of carboxylic acid groups (broad SMARTS) is 1. The lowest BCUT2D eigenvalue weighted by Gasteiger charge is -2.18. The summed E-state index contributed by atoms with van der Waals surface area (Å²) in [5.41, 5.74) is 1.35. The zero-order chi connectivity index (χ0) is 19.5. The fourth-order valence-electron chi connectivity index (χ4n) is 2.49. The van der Waals surface area contributed by atoms with Crippen molar-refractivity contribution in [3.63, 3.8) is 0 Å². The molecule has 28 heavy (non-hydrogen) atoms. The van der Waals surface area contributed by atoms with E-state index in [0.717, 1.165) is 11.8 Å². The van der Waals surface area contributed by atoms with Crippen LogP contribution in [0.3, 0.4) is 0 Å². The van der Waals surface area contributed by atoms with E-state index in [-0.39, 0.29) is 16.0 Å². The van der Waals surface area contributed by atoms with Crippen LogP contribution in [-0.4, -0.2) is 34.5 Å². The van der Waals surface area contributed by atoms with Crippen molar-refractivity contribution in [2.24, 2.45) is 0 Å². The Hall–Kier alpha value is -2.97. The highest BCUT2D eigenvalue weighted by Crippen LogP contribution is 2.34. The molecule has 4 rings (SSSR count). The first-order valence-electron chi connectivity index (χ1n) is 8.20. The number of carboxylic acids is 1. The van der Waals surface area contributed by atoms with Crippen LogP contribution in [-0.2, 0) is 4.79 Å². The van der Waals surface area contributed by atoms with Crippen molar-refractivity contribution in [2.45, 2.75) is 5.22 Å². The molecule has 0 aliphatic carbocycles. The first-order valence-corrected chi connectivity index (χ1v) is 9.40. The minimum atomic E-state index is -1.11. The summed E-state index contributed by atoms with van der Waals surface area (Å²) in [5.74, 6) is 0.393. The Morgan fingerprint density at radius 1 is 1.07 bits per heavy atom. The number of nitrogens with zero attached hydrogens (tertiary/aromatic N) is 2. The topological polar surface area (TPSA) is 94.7 Å². The van der Waals surface area contributed by atoms with E-state index >= 15 is 0 Å². The molecule has 0 bridgehead atoms. The highest BCUT2D eigenvalue weighted by Gasteiger charge is 2.17. The Balaban J connectivity index is 1.57. The molecular formula is C19H13ClN2O5S. The number of benzene rings is 2. The minimum absolute atomic E-state index is 0.0305. The molecular weight excluding hydrogens is 404 g/mol. The number of rotatable bonds is 5. The van der Waals surface area contributed by atoms with E-state index in [1.807, 2.05) is 0 Å². The maximum atomic E-state index is 11.7. The van der Waals surface area contributed by atoms with E-state index in [4.69, 9.17) is 25.5 Å². The number of ether oxygens (including phenoxy) is 2. The van der Waals surface area contributed by atoms with Gasteiger partial charge in [0.15, 0.2) is 11.5 Å². The van der Waals surface area contributed by atoms with Crippen molar-refractivity contribution in [2.75, 3.05) is 13.2 Å². The molecule has 0 atom stereocenters. The van der Waals surface area contributed by atoms with Gasteiger partial charge in [-0.3, -0.25) is 0 Å². The Bertz CT molecular complexity index is 1050. The maximum Gasteiger partial charge on any atom is 0.342 e. The van der Waals surface area contributed by atoms with Crippen LogP contribution in [0.25, 0.3) is 17.5 Å². The number of carbonyl (C=O) groups is 1. The SMILES string of the molecule is O=C(O)/C(=C/c1ccc2c(c1)OCCO2)Sc1nnc(-c2ccc(Cl)cc2)o1. The Morgan fingerprint density at radius 2 is 1.82 bits per heavy atom. The van der Waals surface area contributed by atoms with Crippen molar-refractivity contribution in [1.29, 1.82) is 0 Å². The molecule has 2 heterocycles. The van der Waals surface area contributed by atoms with Gasteiger partial charge in [0.1, 0.15) is 18.1 Å². The predicted molar refractivity (Wildman–Crippen MR) is 104 cm³/mol. The Kier molecular flexibility index (Phi) is 5.23. The number of hydrogen-bond donors (Lipinski definition) is 1. The molecule has 9 heteroatoms. The zero-order valence-electron chi connectivity index (χ0n) is 14.3. The van der Waals surface area contributed by atoms with Gasteiger partial charge < -0.3 is 19.0 Å². The smallest absolute Gasteiger partial charge is 0.342 e. The van der Waals surface area contributed by atoms with Gasteiger partial charge >= 0.3 is 5.97 Å². The Labute approximate surface area is 168 Å². The molecule has 0 fully saturated rings. The van der Waals surface area contributed by atoms with Crippen molar-refractivity contribution in [1.82, 2.24) is 10.2 Å². The largest absolute Gasteiger partial charge is 0.486 e. The van der Waals surface area contributed by atoms with Gasteiger partial charge in [-0.15, -0.1) is 10.2 Å². The van der Waals surface area contributed by atoms with Crippen molar-refractivity contribution >= 4 is 35.4 Å². The van der Waals surface area contributed by atoms with Gasteiger partial charge in [-0.1, -0.05) is 17.7 Å². The second-order valence-corrected chi connectivity index (χ2v) is 7.13. The first-order chi connectivity index (χ1) is 13.6. The summed E-state index contributed by atoms with van der Waals surface area (Å²) in [6.07, 6.45) is 1.51. The molecule has 7 nitrogen and oxygen atoms in total. The van der Waals surface area contributed by atoms with Crippen LogP contribution in [0.5, 0.6) is 11.5 Å². The van der Waals surface area contributed by atoms with Crippen LogP contribution >= 0.6 is 23.4 Å². The van der Waals surface area contributed by atoms with Crippen molar-refractivity contribution in [3.05, 3.63) is 58.0 Å². The molecule has 1 aliphatic rings. The van der Waals surface area contributed by atoms with Crippen LogP contribution in [0.1, 0.15) is 5.56 Å². The summed E-state index contributed by atoms with van der Waals surface area (Å²) in [5, 5.41) is 18.1. The first kappa shape index (κ1) is 18.4. The van der Waals surface area contributed by atoms with Gasteiger partial charge in [0.2, 0.25) is 5.89 Å². The molecule has 0 spiro atoms. The van der Waals surface area contributed by atoms with E-state index in [2.05, 4.69) is 10.2 Å².